The van der Waals surface area contributed by atoms with Crippen molar-refractivity contribution in [2.24, 2.45) is 11.8 Å². The summed E-state index contributed by atoms with van der Waals surface area (Å²) in [6.45, 7) is -3.87. The summed E-state index contributed by atoms with van der Waals surface area (Å²) in [5, 5.41) is 224. The Labute approximate surface area is 521 Å². The van der Waals surface area contributed by atoms with Gasteiger partial charge in [0.25, 0.3) is 0 Å². The van der Waals surface area contributed by atoms with Crippen molar-refractivity contribution in [3.05, 3.63) is 12.2 Å². The van der Waals surface area contributed by atoms with E-state index in [4.69, 9.17) is 61.9 Å². The first-order valence-electron chi connectivity index (χ1n) is 30.8. The van der Waals surface area contributed by atoms with Gasteiger partial charge in [-0.3, -0.25) is 9.59 Å². The average Bonchev–Trinajstić information content (AvgIpc) is 1.44. The summed E-state index contributed by atoms with van der Waals surface area (Å²) >= 11 is 0. The first kappa shape index (κ1) is 76.0. The van der Waals surface area contributed by atoms with E-state index in [9.17, 15) is 112 Å². The molecular formula is C56H94O35. The Bertz CT molecular complexity index is 1920. The lowest BCUT2D eigenvalue weighted by molar-refractivity contribution is -0.404. The van der Waals surface area contributed by atoms with Crippen molar-refractivity contribution in [3.8, 4) is 0 Å². The molecule has 0 spiro atoms. The molecule has 12 bridgehead atoms. The Morgan fingerprint density at radius 3 is 0.967 bits per heavy atom. The van der Waals surface area contributed by atoms with Crippen LogP contribution in [0.15, 0.2) is 12.2 Å². The molecule has 21 N–H and O–H groups in total. The zero-order valence-electron chi connectivity index (χ0n) is 49.9. The molecule has 528 valence electrons. The molecule has 0 unspecified atom stereocenters. The number of ketones is 1. The van der Waals surface area contributed by atoms with Crippen LogP contribution < -0.4 is 0 Å². The molecular weight excluding hydrogens is 1230 g/mol. The smallest absolute Gasteiger partial charge is 0.303 e. The largest absolute Gasteiger partial charge is 0.481 e. The topological polar surface area (TPSA) is 570 Å². The normalized spacial score (nSPS) is 47.0. The third-order valence-corrected chi connectivity index (χ3v) is 17.7. The molecule has 0 amide bonds. The van der Waals surface area contributed by atoms with E-state index < -0.39 is 242 Å². The zero-order valence-corrected chi connectivity index (χ0v) is 49.9. The van der Waals surface area contributed by atoms with Gasteiger partial charge in [-0.2, -0.15) is 0 Å². The van der Waals surface area contributed by atoms with Crippen molar-refractivity contribution in [2.75, 3.05) is 39.6 Å². The molecule has 23 fully saturated rings. The van der Waals surface area contributed by atoms with Crippen molar-refractivity contribution >= 4 is 11.8 Å². The van der Waals surface area contributed by atoms with E-state index in [2.05, 4.69) is 6.92 Å². The molecule has 91 heavy (non-hydrogen) atoms. The van der Waals surface area contributed by atoms with Crippen molar-refractivity contribution in [1.29, 1.82) is 0 Å². The van der Waals surface area contributed by atoms with Gasteiger partial charge in [0.05, 0.1) is 51.8 Å². The molecule has 0 aromatic carbocycles. The minimum absolute atomic E-state index is 0.105. The highest BCUT2D eigenvalue weighted by molar-refractivity contribution is 5.84. The lowest BCUT2D eigenvalue weighted by Crippen LogP contribution is -2.69. The van der Waals surface area contributed by atoms with E-state index in [1.165, 1.54) is 0 Å². The molecule has 23 rings (SSSR count). The molecule has 22 aliphatic heterocycles. The number of Topliss-reactive ketones (excluding diaryl/α,β-unsaturated/α-hetero) is 1. The minimum Gasteiger partial charge on any atom is -0.481 e. The standard InChI is InChI=1S/C36H60O30.C20H34O5/c37-1-7-25-13(43)19(49)31(55-7)62-26-8(2-38)57-33(21(51)15(26)45)64-28-10(4-40)59-35(23(53)17(28)47)66-30-12(6-42)60-36(24(54)18(30)48)65-29-11(5-41)58-34(22(52)16(29)46)63-27-9(3-39)56-32(61-25)20(50)14(27)44;1-2-3-6-9-15(21)12-13-17-16(18(22)14-19(17)23)10-7-4-5-8-11-20(24)25/h7-54H,1-6H2;12-13,15-17,19,21,23H,2-11,14H2,1H3,(H,24,25)/b;13-12+/t7-,8-,9-,10-,11-,12-,13-,14-,15-,16-,17-,18-,19-,20-,21-,22-,23-,24-,25-,26-,27-,28-,29-,30-,31-,32-,33-,34-,35-,36-;15-,16+,17+,19+/m10/s1. The van der Waals surface area contributed by atoms with Crippen LogP contribution in [0.3, 0.4) is 0 Å². The van der Waals surface area contributed by atoms with E-state index in [1.54, 1.807) is 6.08 Å². The van der Waals surface area contributed by atoms with Crippen LogP contribution in [0.2, 0.25) is 0 Å². The third-order valence-electron chi connectivity index (χ3n) is 17.7. The molecule has 35 heteroatoms. The van der Waals surface area contributed by atoms with Crippen LogP contribution in [0, 0.1) is 11.8 Å². The number of hydrogen-bond acceptors (Lipinski definition) is 34. The summed E-state index contributed by atoms with van der Waals surface area (Å²) in [6, 6.07) is 0. The number of carbonyl (C=O) groups is 2. The number of unbranched alkanes of at least 4 members (excludes halogenated alkanes) is 5. The van der Waals surface area contributed by atoms with E-state index in [-0.39, 0.29) is 30.5 Å². The number of rotatable bonds is 19. The van der Waals surface area contributed by atoms with Gasteiger partial charge in [0.1, 0.15) is 152 Å². The number of aliphatic hydroxyl groups is 20. The highest BCUT2D eigenvalue weighted by Crippen LogP contribution is 2.39. The van der Waals surface area contributed by atoms with Gasteiger partial charge in [-0.1, -0.05) is 57.6 Å². The van der Waals surface area contributed by atoms with Crippen LogP contribution in [-0.2, 0) is 66.4 Å². The average molecular weight is 1330 g/mol. The van der Waals surface area contributed by atoms with E-state index in [1.807, 2.05) is 6.08 Å². The molecule has 22 heterocycles. The minimum atomic E-state index is -2.15. The summed E-state index contributed by atoms with van der Waals surface area (Å²) in [7, 11) is 0. The first-order chi connectivity index (χ1) is 43.4. The molecule has 35 nitrogen and oxygen atoms in total. The Morgan fingerprint density at radius 2 is 0.703 bits per heavy atom. The Kier molecular flexibility index (Phi) is 29.4. The monoisotopic (exact) mass is 1330 g/mol. The molecule has 0 radical (unpaired) electrons. The van der Waals surface area contributed by atoms with Gasteiger partial charge in [-0.15, -0.1) is 0 Å². The van der Waals surface area contributed by atoms with Crippen molar-refractivity contribution in [3.63, 3.8) is 0 Å². The number of carbonyl (C=O) groups excluding carboxylic acids is 1. The van der Waals surface area contributed by atoms with Crippen molar-refractivity contribution in [2.45, 2.75) is 274 Å². The van der Waals surface area contributed by atoms with Crippen LogP contribution >= 0.6 is 0 Å². The fourth-order valence-electron chi connectivity index (χ4n) is 12.5. The Hall–Kier alpha value is -2.40. The highest BCUT2D eigenvalue weighted by Gasteiger charge is 2.59. The maximum atomic E-state index is 12.1. The predicted molar refractivity (Wildman–Crippen MR) is 293 cm³/mol. The summed E-state index contributed by atoms with van der Waals surface area (Å²) in [5.74, 6) is -1.04. The third kappa shape index (κ3) is 18.0. The number of aliphatic carboxylic acids is 1. The highest BCUT2D eigenvalue weighted by atomic mass is 16.8. The number of hydrogen-bond donors (Lipinski definition) is 21. The summed E-state index contributed by atoms with van der Waals surface area (Å²) in [6.07, 6.45) is -47.7. The fourth-order valence-corrected chi connectivity index (χ4v) is 12.5. The lowest BCUT2D eigenvalue weighted by Gasteiger charge is -2.50. The number of carboxylic acid groups (broad SMARTS) is 1. The first-order valence-corrected chi connectivity index (χ1v) is 30.8. The molecule has 0 aromatic rings. The number of aliphatic hydroxyl groups excluding tert-OH is 20. The lowest BCUT2D eigenvalue weighted by atomic mass is 9.88. The van der Waals surface area contributed by atoms with Crippen LogP contribution in [0.5, 0.6) is 0 Å². The van der Waals surface area contributed by atoms with Gasteiger partial charge in [0.2, 0.25) is 0 Å². The van der Waals surface area contributed by atoms with Gasteiger partial charge in [0, 0.05) is 24.7 Å². The second-order valence-corrected chi connectivity index (χ2v) is 24.1. The van der Waals surface area contributed by atoms with E-state index >= 15 is 0 Å². The molecule has 34 atom stereocenters. The molecule has 23 aliphatic rings. The Morgan fingerprint density at radius 1 is 0.418 bits per heavy atom. The van der Waals surface area contributed by atoms with E-state index in [0.717, 1.165) is 51.4 Å². The molecule has 1 saturated carbocycles. The van der Waals surface area contributed by atoms with Crippen molar-refractivity contribution in [1.82, 2.24) is 0 Å². The SMILES string of the molecule is CCCCC[C@H](O)/C=C/[C@H]1[C@H](O)CC(=O)[C@@H]1CCCCCCC(=O)O.OC[C@H]1O[C@@H]2O[C@H]3[C@H](O)[C@@H](O)[C@@H](O[C@H]4[C@H](O)[C@@H](O)[C@@H](O[C@H]5[C@H](O)[C@@H](O)[C@@H](O[C@H]6[C@H](O)[C@@H](O)[C@@H](O[C@H]7[C@H](O)[C@@H](O)[C@@H](O[C@H]1[C@H](O)[C@H]2O)O[C@@H]7CO)O[C@@H]6CO)O[C@@H]5CO)O[C@@H]4CO)O[C@@H]3CO. The van der Waals surface area contributed by atoms with Gasteiger partial charge in [0.15, 0.2) is 37.7 Å². The van der Waals surface area contributed by atoms with Gasteiger partial charge in [-0.25, -0.2) is 0 Å². The second kappa shape index (κ2) is 35.2. The van der Waals surface area contributed by atoms with Crippen LogP contribution in [-0.4, -0.2) is 355 Å². The van der Waals surface area contributed by atoms with Crippen LogP contribution in [0.1, 0.15) is 77.6 Å². The predicted octanol–water partition coefficient (Wildman–Crippen LogP) is -9.58. The summed E-state index contributed by atoms with van der Waals surface area (Å²) < 4.78 is 67.9. The maximum Gasteiger partial charge on any atom is 0.303 e. The van der Waals surface area contributed by atoms with Gasteiger partial charge < -0.3 is 164 Å². The van der Waals surface area contributed by atoms with E-state index in [0.29, 0.717) is 6.42 Å². The van der Waals surface area contributed by atoms with Gasteiger partial charge in [-0.05, 0) is 19.3 Å². The number of carboxylic acids is 1. The van der Waals surface area contributed by atoms with Crippen LogP contribution in [0.25, 0.3) is 0 Å². The number of ether oxygens (including phenoxy) is 12. The quantitative estimate of drug-likeness (QED) is 0.0422. The zero-order chi connectivity index (χ0) is 66.7. The summed E-state index contributed by atoms with van der Waals surface area (Å²) in [5.41, 5.74) is 0. The second-order valence-electron chi connectivity index (χ2n) is 24.1. The van der Waals surface area contributed by atoms with Crippen molar-refractivity contribution < 1.29 is 174 Å². The maximum absolute atomic E-state index is 12.1. The Balaban J connectivity index is 0.000000395. The van der Waals surface area contributed by atoms with Gasteiger partial charge >= 0.3 is 5.97 Å². The molecule has 1 aliphatic carbocycles. The molecule has 0 aromatic heterocycles. The fraction of sp³-hybridized carbons (Fsp3) is 0.929. The molecule has 22 saturated heterocycles. The van der Waals surface area contributed by atoms with Crippen LogP contribution in [0.4, 0.5) is 0 Å². The summed E-state index contributed by atoms with van der Waals surface area (Å²) in [4.78, 5) is 22.6.